The highest BCUT2D eigenvalue weighted by Crippen LogP contribution is 2.16. The van der Waals surface area contributed by atoms with E-state index in [2.05, 4.69) is 93.7 Å². The Bertz CT molecular complexity index is 1180. The zero-order chi connectivity index (χ0) is 47.7. The maximum atomic E-state index is 12.9. The van der Waals surface area contributed by atoms with E-state index in [1.54, 1.807) is 0 Å². The molecular formula is C61H108O5. The van der Waals surface area contributed by atoms with Crippen LogP contribution in [0.5, 0.6) is 0 Å². The number of rotatable bonds is 52. The Morgan fingerprint density at radius 2 is 0.682 bits per heavy atom. The number of ether oxygens (including phenoxy) is 3. The second kappa shape index (κ2) is 56.7. The Hall–Kier alpha value is -2.66. The van der Waals surface area contributed by atoms with Gasteiger partial charge >= 0.3 is 11.9 Å². The third-order valence-electron chi connectivity index (χ3n) is 12.2. The van der Waals surface area contributed by atoms with Gasteiger partial charge in [-0.2, -0.15) is 0 Å². The topological polar surface area (TPSA) is 61.8 Å². The quantitative estimate of drug-likeness (QED) is 0.0346. The molecule has 0 spiro atoms. The number of esters is 2. The summed E-state index contributed by atoms with van der Waals surface area (Å²) >= 11 is 0. The Morgan fingerprint density at radius 3 is 1.09 bits per heavy atom. The van der Waals surface area contributed by atoms with Gasteiger partial charge in [-0.25, -0.2) is 0 Å². The highest BCUT2D eigenvalue weighted by molar-refractivity contribution is 5.70. The van der Waals surface area contributed by atoms with Gasteiger partial charge in [-0.3, -0.25) is 9.59 Å². The third-order valence-corrected chi connectivity index (χ3v) is 12.2. The first-order chi connectivity index (χ1) is 32.6. The van der Waals surface area contributed by atoms with Gasteiger partial charge in [-0.15, -0.1) is 0 Å². The molecule has 0 heterocycles. The standard InChI is InChI=1S/C61H108O5/c1-4-7-10-13-16-19-22-25-28-31-33-36-39-42-45-48-51-54-60(62)65-58-59(57-64-56-53-50-47-44-41-38-35-30-27-24-21-18-15-12-9-6-3)66-61(63)55-52-49-46-43-40-37-34-32-29-26-23-20-17-14-11-8-5-2/h7-8,10-11,16-17,19-20,25-26,28-29,59H,4-6,9,12-15,18,21-24,27,30-58H2,1-3H3/b10-7-,11-8-,19-16-,20-17-,28-25-,29-26-. The van der Waals surface area contributed by atoms with Gasteiger partial charge in [-0.1, -0.05) is 254 Å². The lowest BCUT2D eigenvalue weighted by Gasteiger charge is -2.18. The molecule has 5 nitrogen and oxygen atoms in total. The second-order valence-electron chi connectivity index (χ2n) is 18.8. The van der Waals surface area contributed by atoms with Crippen molar-refractivity contribution >= 4 is 11.9 Å². The van der Waals surface area contributed by atoms with Crippen LogP contribution in [0, 0.1) is 0 Å². The summed E-state index contributed by atoms with van der Waals surface area (Å²) in [5.74, 6) is -0.410. The first-order valence-corrected chi connectivity index (χ1v) is 28.5. The lowest BCUT2D eigenvalue weighted by molar-refractivity contribution is -0.163. The SMILES string of the molecule is CC/C=C\C/C=C\C/C=C\CCCCCCCCCC(=O)OCC(COCCCCCCCCCCCCCCCCCC)OC(=O)CCCCCCCCC/C=C\C/C=C\C/C=C\CC. The third kappa shape index (κ3) is 54.0. The molecule has 1 unspecified atom stereocenters. The van der Waals surface area contributed by atoms with E-state index >= 15 is 0 Å². The second-order valence-corrected chi connectivity index (χ2v) is 18.8. The molecule has 5 heteroatoms. The Morgan fingerprint density at radius 1 is 0.348 bits per heavy atom. The van der Waals surface area contributed by atoms with E-state index in [0.717, 1.165) is 103 Å². The summed E-state index contributed by atoms with van der Waals surface area (Å²) in [6.45, 7) is 7.63. The summed E-state index contributed by atoms with van der Waals surface area (Å²) in [4.78, 5) is 25.5. The zero-order valence-corrected chi connectivity index (χ0v) is 44.0. The molecule has 0 rings (SSSR count). The fraction of sp³-hybridized carbons (Fsp3) is 0.770. The molecule has 0 aromatic rings. The molecule has 0 aliphatic carbocycles. The predicted octanol–water partition coefficient (Wildman–Crippen LogP) is 19.5. The fourth-order valence-corrected chi connectivity index (χ4v) is 8.07. The smallest absolute Gasteiger partial charge is 0.306 e. The molecule has 0 fully saturated rings. The largest absolute Gasteiger partial charge is 0.462 e. The summed E-state index contributed by atoms with van der Waals surface area (Å²) in [5.41, 5.74) is 0. The van der Waals surface area contributed by atoms with Crippen molar-refractivity contribution < 1.29 is 23.8 Å². The van der Waals surface area contributed by atoms with E-state index in [-0.39, 0.29) is 25.2 Å². The Balaban J connectivity index is 4.29. The molecule has 0 aromatic carbocycles. The van der Waals surface area contributed by atoms with Crippen LogP contribution in [0.25, 0.3) is 0 Å². The molecular weight excluding hydrogens is 813 g/mol. The number of unbranched alkanes of at least 4 members (excludes halogenated alkanes) is 29. The molecule has 382 valence electrons. The van der Waals surface area contributed by atoms with Gasteiger partial charge in [0, 0.05) is 19.4 Å². The van der Waals surface area contributed by atoms with E-state index in [0.29, 0.717) is 19.4 Å². The first kappa shape index (κ1) is 63.3. The molecule has 0 radical (unpaired) electrons. The zero-order valence-electron chi connectivity index (χ0n) is 44.0. The van der Waals surface area contributed by atoms with Crippen LogP contribution in [0.15, 0.2) is 72.9 Å². The van der Waals surface area contributed by atoms with Gasteiger partial charge in [0.15, 0.2) is 6.10 Å². The van der Waals surface area contributed by atoms with E-state index in [1.165, 1.54) is 141 Å². The lowest BCUT2D eigenvalue weighted by atomic mass is 10.0. The minimum atomic E-state index is -0.546. The molecule has 0 aliphatic heterocycles. The lowest BCUT2D eigenvalue weighted by Crippen LogP contribution is -2.30. The van der Waals surface area contributed by atoms with Crippen LogP contribution >= 0.6 is 0 Å². The van der Waals surface area contributed by atoms with E-state index < -0.39 is 6.10 Å². The van der Waals surface area contributed by atoms with Crippen molar-refractivity contribution in [1.29, 1.82) is 0 Å². The molecule has 0 amide bonds. The van der Waals surface area contributed by atoms with Crippen molar-refractivity contribution in [2.45, 2.75) is 284 Å². The normalized spacial score (nSPS) is 12.7. The molecule has 0 bridgehead atoms. The van der Waals surface area contributed by atoms with Crippen LogP contribution in [0.3, 0.4) is 0 Å². The van der Waals surface area contributed by atoms with Crippen molar-refractivity contribution in [3.8, 4) is 0 Å². The van der Waals surface area contributed by atoms with Crippen molar-refractivity contribution in [1.82, 2.24) is 0 Å². The average molecular weight is 922 g/mol. The molecule has 0 aromatic heterocycles. The maximum Gasteiger partial charge on any atom is 0.306 e. The van der Waals surface area contributed by atoms with Crippen molar-refractivity contribution in [3.05, 3.63) is 72.9 Å². The van der Waals surface area contributed by atoms with Crippen LogP contribution < -0.4 is 0 Å². The summed E-state index contributed by atoms with van der Waals surface area (Å²) in [7, 11) is 0. The van der Waals surface area contributed by atoms with Gasteiger partial charge in [0.05, 0.1) is 6.61 Å². The predicted molar refractivity (Wildman–Crippen MR) is 288 cm³/mol. The van der Waals surface area contributed by atoms with E-state index in [9.17, 15) is 9.59 Å². The van der Waals surface area contributed by atoms with Crippen LogP contribution in [0.4, 0.5) is 0 Å². The van der Waals surface area contributed by atoms with Crippen LogP contribution in [0.2, 0.25) is 0 Å². The molecule has 0 aliphatic rings. The van der Waals surface area contributed by atoms with E-state index in [1.807, 2.05) is 0 Å². The summed E-state index contributed by atoms with van der Waals surface area (Å²) in [6, 6.07) is 0. The van der Waals surface area contributed by atoms with Crippen LogP contribution in [-0.4, -0.2) is 37.9 Å². The van der Waals surface area contributed by atoms with Crippen molar-refractivity contribution in [3.63, 3.8) is 0 Å². The highest BCUT2D eigenvalue weighted by atomic mass is 16.6. The minimum Gasteiger partial charge on any atom is -0.462 e. The van der Waals surface area contributed by atoms with Gasteiger partial charge in [0.1, 0.15) is 6.61 Å². The highest BCUT2D eigenvalue weighted by Gasteiger charge is 2.17. The maximum absolute atomic E-state index is 12.9. The monoisotopic (exact) mass is 921 g/mol. The summed E-state index contributed by atoms with van der Waals surface area (Å²) < 4.78 is 17.5. The molecule has 0 N–H and O–H groups in total. The first-order valence-electron chi connectivity index (χ1n) is 28.5. The van der Waals surface area contributed by atoms with Crippen molar-refractivity contribution in [2.75, 3.05) is 19.8 Å². The number of allylic oxidation sites excluding steroid dienone is 12. The van der Waals surface area contributed by atoms with Gasteiger partial charge < -0.3 is 14.2 Å². The Kier molecular flexibility index (Phi) is 54.4. The minimum absolute atomic E-state index is 0.0765. The average Bonchev–Trinajstić information content (AvgIpc) is 3.32. The molecule has 1 atom stereocenters. The summed E-state index contributed by atoms with van der Waals surface area (Å²) in [5, 5.41) is 0. The number of hydrogen-bond donors (Lipinski definition) is 0. The van der Waals surface area contributed by atoms with Gasteiger partial charge in [0.2, 0.25) is 0 Å². The number of carbonyl (C=O) groups is 2. The summed E-state index contributed by atoms with van der Waals surface area (Å²) in [6.07, 6.45) is 73.5. The van der Waals surface area contributed by atoms with Gasteiger partial charge in [-0.05, 0) is 83.5 Å². The van der Waals surface area contributed by atoms with Gasteiger partial charge in [0.25, 0.3) is 0 Å². The molecule has 0 saturated carbocycles. The van der Waals surface area contributed by atoms with Crippen molar-refractivity contribution in [2.24, 2.45) is 0 Å². The van der Waals surface area contributed by atoms with E-state index in [4.69, 9.17) is 14.2 Å². The molecule has 0 saturated heterocycles. The Labute approximate surface area is 410 Å². The number of carbonyl (C=O) groups excluding carboxylic acids is 2. The van der Waals surface area contributed by atoms with Crippen LogP contribution in [-0.2, 0) is 23.8 Å². The number of hydrogen-bond acceptors (Lipinski definition) is 5. The molecule has 66 heavy (non-hydrogen) atoms. The van der Waals surface area contributed by atoms with Crippen LogP contribution in [0.1, 0.15) is 278 Å². The fourth-order valence-electron chi connectivity index (χ4n) is 8.07.